The van der Waals surface area contributed by atoms with Gasteiger partial charge in [-0.15, -0.1) is 0 Å². The molecule has 2 rings (SSSR count). The highest BCUT2D eigenvalue weighted by molar-refractivity contribution is 7.89. The number of non-ortho nitro benzene ring substituents is 1. The van der Waals surface area contributed by atoms with E-state index >= 15 is 0 Å². The van der Waals surface area contributed by atoms with Gasteiger partial charge in [-0.1, -0.05) is 11.6 Å². The molecule has 0 spiro atoms. The van der Waals surface area contributed by atoms with E-state index < -0.39 is 14.9 Å². The SMILES string of the molecule is O=[N+]([O-])c1ccc(Cl)c(S(=O)(=O)NCCc2cnc[nH]2)c1. The molecule has 10 heteroatoms. The third kappa shape index (κ3) is 3.78. The lowest BCUT2D eigenvalue weighted by Crippen LogP contribution is -2.26. The number of nitrogens with one attached hydrogen (secondary N) is 2. The number of imidazole rings is 1. The number of aromatic amines is 1. The van der Waals surface area contributed by atoms with Crippen molar-refractivity contribution in [3.05, 3.63) is 51.6 Å². The molecule has 0 fully saturated rings. The van der Waals surface area contributed by atoms with Gasteiger partial charge in [-0.05, 0) is 6.07 Å². The fraction of sp³-hybridized carbons (Fsp3) is 0.182. The molecule has 0 unspecified atom stereocenters. The van der Waals surface area contributed by atoms with Gasteiger partial charge in [0.15, 0.2) is 0 Å². The van der Waals surface area contributed by atoms with Gasteiger partial charge in [-0.3, -0.25) is 10.1 Å². The number of hydrogen-bond donors (Lipinski definition) is 2. The average molecular weight is 331 g/mol. The maximum Gasteiger partial charge on any atom is 0.270 e. The minimum atomic E-state index is -3.92. The lowest BCUT2D eigenvalue weighted by atomic mass is 10.3. The zero-order valence-electron chi connectivity index (χ0n) is 10.6. The van der Waals surface area contributed by atoms with E-state index in [0.29, 0.717) is 6.42 Å². The standard InChI is InChI=1S/C11H11ClN4O4S/c12-10-2-1-9(16(17)18)5-11(10)21(19,20)15-4-3-8-6-13-7-14-8/h1-2,5-7,15H,3-4H2,(H,13,14). The number of benzene rings is 1. The molecule has 1 aromatic heterocycles. The number of rotatable bonds is 6. The number of nitro groups is 1. The normalized spacial score (nSPS) is 11.5. The van der Waals surface area contributed by atoms with E-state index in [1.54, 1.807) is 6.20 Å². The van der Waals surface area contributed by atoms with Crippen LogP contribution in [-0.4, -0.2) is 29.9 Å². The van der Waals surface area contributed by atoms with E-state index in [2.05, 4.69) is 14.7 Å². The Balaban J connectivity index is 2.15. The molecular formula is C11H11ClN4O4S. The van der Waals surface area contributed by atoms with Crippen molar-refractivity contribution in [2.24, 2.45) is 0 Å². The van der Waals surface area contributed by atoms with Gasteiger partial charge in [0.1, 0.15) is 4.90 Å². The van der Waals surface area contributed by atoms with Crippen LogP contribution in [0.3, 0.4) is 0 Å². The van der Waals surface area contributed by atoms with Crippen molar-refractivity contribution in [1.82, 2.24) is 14.7 Å². The van der Waals surface area contributed by atoms with Gasteiger partial charge >= 0.3 is 0 Å². The number of sulfonamides is 1. The van der Waals surface area contributed by atoms with Crippen molar-refractivity contribution in [2.45, 2.75) is 11.3 Å². The van der Waals surface area contributed by atoms with Crippen LogP contribution in [0.15, 0.2) is 35.6 Å². The average Bonchev–Trinajstić information content (AvgIpc) is 2.91. The third-order valence-corrected chi connectivity index (χ3v) is 4.60. The topological polar surface area (TPSA) is 118 Å². The predicted octanol–water partition coefficient (Wildman–Crippen LogP) is 1.49. The zero-order chi connectivity index (χ0) is 15.5. The first-order valence-electron chi connectivity index (χ1n) is 5.81. The molecule has 0 radical (unpaired) electrons. The highest BCUT2D eigenvalue weighted by atomic mass is 35.5. The highest BCUT2D eigenvalue weighted by Crippen LogP contribution is 2.25. The summed E-state index contributed by atoms with van der Waals surface area (Å²) in [5.74, 6) is 0. The molecule has 21 heavy (non-hydrogen) atoms. The Morgan fingerprint density at radius 2 is 2.19 bits per heavy atom. The molecule has 0 aliphatic heterocycles. The first kappa shape index (κ1) is 15.4. The van der Waals surface area contributed by atoms with Gasteiger partial charge in [0.05, 0.1) is 16.3 Å². The molecule has 2 aromatic rings. The maximum atomic E-state index is 12.1. The minimum Gasteiger partial charge on any atom is -0.348 e. The molecule has 0 amide bonds. The van der Waals surface area contributed by atoms with Crippen molar-refractivity contribution < 1.29 is 13.3 Å². The lowest BCUT2D eigenvalue weighted by Gasteiger charge is -2.07. The quantitative estimate of drug-likeness (QED) is 0.614. The van der Waals surface area contributed by atoms with E-state index in [4.69, 9.17) is 11.6 Å². The molecule has 0 atom stereocenters. The molecule has 112 valence electrons. The molecule has 0 bridgehead atoms. The van der Waals surface area contributed by atoms with Crippen LogP contribution in [0.1, 0.15) is 5.69 Å². The van der Waals surface area contributed by atoms with Crippen molar-refractivity contribution in [1.29, 1.82) is 0 Å². The molecule has 1 aromatic carbocycles. The van der Waals surface area contributed by atoms with Crippen molar-refractivity contribution in [3.8, 4) is 0 Å². The number of aromatic nitrogens is 2. The maximum absolute atomic E-state index is 12.1. The minimum absolute atomic E-state index is 0.0744. The number of halogens is 1. The second-order valence-corrected chi connectivity index (χ2v) is 6.24. The zero-order valence-corrected chi connectivity index (χ0v) is 12.2. The van der Waals surface area contributed by atoms with E-state index in [1.807, 2.05) is 0 Å². The van der Waals surface area contributed by atoms with Gasteiger partial charge in [0.2, 0.25) is 10.0 Å². The van der Waals surface area contributed by atoms with Crippen LogP contribution < -0.4 is 4.72 Å². The van der Waals surface area contributed by atoms with Crippen LogP contribution in [0.2, 0.25) is 5.02 Å². The molecule has 0 aliphatic rings. The molecular weight excluding hydrogens is 320 g/mol. The Labute approximate surface area is 125 Å². The first-order chi connectivity index (χ1) is 9.90. The summed E-state index contributed by atoms with van der Waals surface area (Å²) < 4.78 is 26.6. The molecule has 2 N–H and O–H groups in total. The smallest absolute Gasteiger partial charge is 0.270 e. The Bertz CT molecular complexity index is 746. The Hall–Kier alpha value is -1.97. The van der Waals surface area contributed by atoms with E-state index in [9.17, 15) is 18.5 Å². The monoisotopic (exact) mass is 330 g/mol. The van der Waals surface area contributed by atoms with E-state index in [0.717, 1.165) is 17.8 Å². The molecule has 8 nitrogen and oxygen atoms in total. The number of H-pyrrole nitrogens is 1. The molecule has 0 saturated heterocycles. The van der Waals surface area contributed by atoms with Crippen LogP contribution >= 0.6 is 11.6 Å². The molecule has 1 heterocycles. The second kappa shape index (κ2) is 6.20. The van der Waals surface area contributed by atoms with E-state index in [1.165, 1.54) is 12.4 Å². The highest BCUT2D eigenvalue weighted by Gasteiger charge is 2.21. The van der Waals surface area contributed by atoms with Gasteiger partial charge in [0.25, 0.3) is 5.69 Å². The van der Waals surface area contributed by atoms with Crippen LogP contribution in [0.5, 0.6) is 0 Å². The van der Waals surface area contributed by atoms with Gasteiger partial charge < -0.3 is 4.98 Å². The van der Waals surface area contributed by atoms with Crippen LogP contribution in [0.25, 0.3) is 0 Å². The third-order valence-electron chi connectivity index (χ3n) is 2.66. The number of nitro benzene ring substituents is 1. The van der Waals surface area contributed by atoms with Crippen LogP contribution in [0, 0.1) is 10.1 Å². The summed E-state index contributed by atoms with van der Waals surface area (Å²) >= 11 is 5.81. The first-order valence-corrected chi connectivity index (χ1v) is 7.67. The van der Waals surface area contributed by atoms with Gasteiger partial charge in [-0.25, -0.2) is 18.1 Å². The fourth-order valence-corrected chi connectivity index (χ4v) is 3.18. The van der Waals surface area contributed by atoms with Gasteiger partial charge in [0, 0.05) is 37.0 Å². The summed E-state index contributed by atoms with van der Waals surface area (Å²) in [7, 11) is -3.92. The van der Waals surface area contributed by atoms with Crippen molar-refractivity contribution in [3.63, 3.8) is 0 Å². The summed E-state index contributed by atoms with van der Waals surface area (Å²) in [6, 6.07) is 3.26. The van der Waals surface area contributed by atoms with E-state index in [-0.39, 0.29) is 22.2 Å². The Kier molecular flexibility index (Phi) is 4.56. The molecule has 0 saturated carbocycles. The fourth-order valence-electron chi connectivity index (χ4n) is 1.63. The summed E-state index contributed by atoms with van der Waals surface area (Å²) in [6.45, 7) is 0.115. The van der Waals surface area contributed by atoms with Crippen molar-refractivity contribution >= 4 is 27.3 Å². The lowest BCUT2D eigenvalue weighted by molar-refractivity contribution is -0.385. The van der Waals surface area contributed by atoms with Crippen molar-refractivity contribution in [2.75, 3.05) is 6.54 Å². The number of hydrogen-bond acceptors (Lipinski definition) is 5. The summed E-state index contributed by atoms with van der Waals surface area (Å²) in [5.41, 5.74) is 0.427. The number of nitrogens with zero attached hydrogens (tertiary/aromatic N) is 2. The summed E-state index contributed by atoms with van der Waals surface area (Å²) in [6.07, 6.45) is 3.47. The summed E-state index contributed by atoms with van der Waals surface area (Å²) in [5, 5.41) is 10.6. The predicted molar refractivity (Wildman–Crippen MR) is 75.6 cm³/mol. The van der Waals surface area contributed by atoms with Gasteiger partial charge in [-0.2, -0.15) is 0 Å². The Morgan fingerprint density at radius 1 is 1.43 bits per heavy atom. The summed E-state index contributed by atoms with van der Waals surface area (Å²) in [4.78, 5) is 16.3. The second-order valence-electron chi connectivity index (χ2n) is 4.10. The molecule has 0 aliphatic carbocycles. The largest absolute Gasteiger partial charge is 0.348 e. The van der Waals surface area contributed by atoms with Crippen LogP contribution in [-0.2, 0) is 16.4 Å². The van der Waals surface area contributed by atoms with Crippen LogP contribution in [0.4, 0.5) is 5.69 Å². The Morgan fingerprint density at radius 3 is 2.81 bits per heavy atom.